The number of methoxy groups -OCH3 is 1. The first-order valence-corrected chi connectivity index (χ1v) is 7.68. The van der Waals surface area contributed by atoms with Crippen LogP contribution in [-0.4, -0.2) is 31.3 Å². The van der Waals surface area contributed by atoms with Gasteiger partial charge in [0.2, 0.25) is 0 Å². The van der Waals surface area contributed by atoms with Crippen LogP contribution >= 0.6 is 7.60 Å². The number of hydrogen-bond acceptors (Lipinski definition) is 6. The number of carbonyl (C=O) groups excluding carboxylic acids is 1. The van der Waals surface area contributed by atoms with E-state index in [0.717, 1.165) is 0 Å². The van der Waals surface area contributed by atoms with Crippen molar-refractivity contribution in [3.05, 3.63) is 29.6 Å². The van der Waals surface area contributed by atoms with E-state index in [1.807, 2.05) is 0 Å². The van der Waals surface area contributed by atoms with Crippen molar-refractivity contribution in [3.63, 3.8) is 0 Å². The molecule has 0 aliphatic rings. The van der Waals surface area contributed by atoms with Gasteiger partial charge >= 0.3 is 13.6 Å². The summed E-state index contributed by atoms with van der Waals surface area (Å²) in [5.41, 5.74) is 0.881. The van der Waals surface area contributed by atoms with Crippen LogP contribution in [0.1, 0.15) is 29.9 Å². The molecule has 0 aromatic carbocycles. The number of nitrogens with zero attached hydrogens (tertiary/aromatic N) is 1. The Bertz CT molecular complexity index is 450. The van der Waals surface area contributed by atoms with Gasteiger partial charge in [-0.2, -0.15) is 0 Å². The average molecular weight is 287 g/mol. The Kier molecular flexibility index (Phi) is 6.15. The summed E-state index contributed by atoms with van der Waals surface area (Å²) in [5.74, 6) is -0.510. The predicted molar refractivity (Wildman–Crippen MR) is 70.1 cm³/mol. The molecule has 7 heteroatoms. The van der Waals surface area contributed by atoms with Crippen LogP contribution in [0.25, 0.3) is 0 Å². The van der Waals surface area contributed by atoms with E-state index in [0.29, 0.717) is 18.8 Å². The Labute approximate surface area is 112 Å². The molecule has 0 spiro atoms. The highest BCUT2D eigenvalue weighted by Crippen LogP contribution is 2.51. The van der Waals surface area contributed by atoms with Gasteiger partial charge < -0.3 is 13.8 Å². The fourth-order valence-electron chi connectivity index (χ4n) is 1.49. The molecule has 0 atom stereocenters. The molecule has 0 amide bonds. The minimum absolute atomic E-state index is 0.128. The first-order valence-electron chi connectivity index (χ1n) is 5.96. The second-order valence-corrected chi connectivity index (χ2v) is 5.70. The number of esters is 1. The average Bonchev–Trinajstić information content (AvgIpc) is 2.39. The Morgan fingerprint density at radius 1 is 1.26 bits per heavy atom. The first-order chi connectivity index (χ1) is 9.04. The van der Waals surface area contributed by atoms with E-state index in [2.05, 4.69) is 9.72 Å². The quantitative estimate of drug-likeness (QED) is 0.567. The summed E-state index contributed by atoms with van der Waals surface area (Å²) in [4.78, 5) is 15.2. The Morgan fingerprint density at radius 3 is 2.32 bits per heavy atom. The van der Waals surface area contributed by atoms with Gasteiger partial charge in [0.25, 0.3) is 0 Å². The van der Waals surface area contributed by atoms with E-state index in [1.54, 1.807) is 19.9 Å². The Morgan fingerprint density at radius 2 is 1.89 bits per heavy atom. The van der Waals surface area contributed by atoms with Crippen LogP contribution in [0.2, 0.25) is 0 Å². The lowest BCUT2D eigenvalue weighted by Gasteiger charge is -2.16. The molecule has 1 heterocycles. The van der Waals surface area contributed by atoms with Crippen LogP contribution < -0.4 is 0 Å². The van der Waals surface area contributed by atoms with Crippen LogP contribution in [0.4, 0.5) is 0 Å². The molecule has 0 saturated heterocycles. The molecule has 1 aromatic rings. The molecular weight excluding hydrogens is 269 g/mol. The predicted octanol–water partition coefficient (Wildman–Crippen LogP) is 2.63. The van der Waals surface area contributed by atoms with E-state index < -0.39 is 13.6 Å². The molecule has 0 fully saturated rings. The van der Waals surface area contributed by atoms with Gasteiger partial charge in [0, 0.05) is 6.20 Å². The van der Waals surface area contributed by atoms with Gasteiger partial charge in [0.1, 0.15) is 5.69 Å². The molecular formula is C12H18NO5P. The second kappa shape index (κ2) is 7.38. The molecule has 0 N–H and O–H groups in total. The fraction of sp³-hybridized carbons (Fsp3) is 0.500. The van der Waals surface area contributed by atoms with E-state index in [-0.39, 0.29) is 11.9 Å². The van der Waals surface area contributed by atoms with Crippen molar-refractivity contribution in [1.29, 1.82) is 0 Å². The van der Waals surface area contributed by atoms with Gasteiger partial charge in [-0.25, -0.2) is 9.78 Å². The van der Waals surface area contributed by atoms with Crippen LogP contribution in [0.15, 0.2) is 18.3 Å². The van der Waals surface area contributed by atoms with E-state index in [9.17, 15) is 9.36 Å². The monoisotopic (exact) mass is 287 g/mol. The molecule has 0 radical (unpaired) electrons. The Balaban J connectivity index is 2.80. The maximum absolute atomic E-state index is 12.3. The van der Waals surface area contributed by atoms with Gasteiger partial charge in [0.05, 0.1) is 26.5 Å². The van der Waals surface area contributed by atoms with Crippen molar-refractivity contribution in [3.8, 4) is 0 Å². The maximum Gasteiger partial charge on any atom is 0.356 e. The zero-order valence-electron chi connectivity index (χ0n) is 11.3. The SMILES string of the molecule is CCOP(=O)(Cc1ccc(C(=O)OC)nc1)OCC. The Hall–Kier alpha value is -1.23. The molecule has 6 nitrogen and oxygen atoms in total. The third-order valence-electron chi connectivity index (χ3n) is 2.25. The lowest BCUT2D eigenvalue weighted by Crippen LogP contribution is -2.05. The summed E-state index contributed by atoms with van der Waals surface area (Å²) in [6.07, 6.45) is 1.60. The van der Waals surface area contributed by atoms with E-state index in [1.165, 1.54) is 19.4 Å². The third kappa shape index (κ3) is 4.74. The molecule has 0 saturated carbocycles. The number of pyridine rings is 1. The minimum atomic E-state index is -3.14. The largest absolute Gasteiger partial charge is 0.464 e. The topological polar surface area (TPSA) is 74.7 Å². The summed E-state index contributed by atoms with van der Waals surface area (Å²) in [5, 5.41) is 0. The van der Waals surface area contributed by atoms with Crippen molar-refractivity contribution >= 4 is 13.6 Å². The maximum atomic E-state index is 12.3. The zero-order chi connectivity index (χ0) is 14.3. The highest BCUT2D eigenvalue weighted by molar-refractivity contribution is 7.53. The number of aromatic nitrogens is 1. The summed E-state index contributed by atoms with van der Waals surface area (Å²) in [6, 6.07) is 3.17. The standard InChI is InChI=1S/C12H18NO5P/c1-4-17-19(15,18-5-2)9-10-6-7-11(13-8-10)12(14)16-3/h6-8H,4-5,9H2,1-3H3. The first kappa shape index (κ1) is 15.8. The van der Waals surface area contributed by atoms with Crippen LogP contribution in [0, 0.1) is 0 Å². The lowest BCUT2D eigenvalue weighted by molar-refractivity contribution is 0.0594. The molecule has 0 aliphatic heterocycles. The van der Waals surface area contributed by atoms with Crippen molar-refractivity contribution < 1.29 is 23.1 Å². The summed E-state index contributed by atoms with van der Waals surface area (Å²) >= 11 is 0. The van der Waals surface area contributed by atoms with E-state index >= 15 is 0 Å². The zero-order valence-corrected chi connectivity index (χ0v) is 12.2. The van der Waals surface area contributed by atoms with Gasteiger partial charge in [-0.15, -0.1) is 0 Å². The summed E-state index contributed by atoms with van der Waals surface area (Å²) in [6.45, 7) is 4.13. The van der Waals surface area contributed by atoms with Gasteiger partial charge in [0.15, 0.2) is 0 Å². The molecule has 1 aromatic heterocycles. The second-order valence-electron chi connectivity index (χ2n) is 3.65. The van der Waals surface area contributed by atoms with Crippen LogP contribution in [-0.2, 0) is 24.5 Å². The van der Waals surface area contributed by atoms with Crippen LogP contribution in [0.5, 0.6) is 0 Å². The molecule has 1 rings (SSSR count). The number of rotatable bonds is 7. The van der Waals surface area contributed by atoms with E-state index in [4.69, 9.17) is 9.05 Å². The fourth-order valence-corrected chi connectivity index (χ4v) is 3.17. The summed E-state index contributed by atoms with van der Waals surface area (Å²) in [7, 11) is -1.86. The smallest absolute Gasteiger partial charge is 0.356 e. The number of carbonyl (C=O) groups is 1. The number of ether oxygens (including phenoxy) is 1. The van der Waals surface area contributed by atoms with Gasteiger partial charge in [-0.1, -0.05) is 6.07 Å². The lowest BCUT2D eigenvalue weighted by atomic mass is 10.3. The number of hydrogen-bond donors (Lipinski definition) is 0. The van der Waals surface area contributed by atoms with Gasteiger partial charge in [-0.3, -0.25) is 4.57 Å². The van der Waals surface area contributed by atoms with Crippen molar-refractivity contribution in [2.45, 2.75) is 20.0 Å². The molecule has 0 aliphatic carbocycles. The minimum Gasteiger partial charge on any atom is -0.464 e. The molecule has 106 valence electrons. The third-order valence-corrected chi connectivity index (χ3v) is 4.30. The van der Waals surface area contributed by atoms with Crippen molar-refractivity contribution in [2.75, 3.05) is 20.3 Å². The highest BCUT2D eigenvalue weighted by Gasteiger charge is 2.24. The van der Waals surface area contributed by atoms with Crippen molar-refractivity contribution in [2.24, 2.45) is 0 Å². The molecule has 0 unspecified atom stereocenters. The molecule has 19 heavy (non-hydrogen) atoms. The molecule has 0 bridgehead atoms. The van der Waals surface area contributed by atoms with Gasteiger partial charge in [-0.05, 0) is 25.5 Å². The normalized spacial score (nSPS) is 11.3. The van der Waals surface area contributed by atoms with Crippen LogP contribution in [0.3, 0.4) is 0 Å². The summed E-state index contributed by atoms with van der Waals surface area (Å²) < 4.78 is 27.2. The van der Waals surface area contributed by atoms with Crippen molar-refractivity contribution in [1.82, 2.24) is 4.98 Å². The highest BCUT2D eigenvalue weighted by atomic mass is 31.2.